The van der Waals surface area contributed by atoms with Crippen LogP contribution in [0.2, 0.25) is 0 Å². The van der Waals surface area contributed by atoms with Crippen molar-refractivity contribution in [2.75, 3.05) is 21.1 Å². The quantitative estimate of drug-likeness (QED) is 0.510. The van der Waals surface area contributed by atoms with Gasteiger partial charge in [0.05, 0.1) is 21.1 Å². The maximum Gasteiger partial charge on any atom is 0.264 e. The van der Waals surface area contributed by atoms with Crippen LogP contribution in [0.25, 0.3) is 0 Å². The van der Waals surface area contributed by atoms with Gasteiger partial charge in [-0.15, -0.1) is 12.4 Å². The number of amides is 1. The Labute approximate surface area is 74.7 Å². The molecular formula is C7H18ClN2O+. The van der Waals surface area contributed by atoms with Gasteiger partial charge in [0.15, 0.2) is 0 Å². The first kappa shape index (κ1) is 13.3. The second-order valence-corrected chi connectivity index (χ2v) is 3.30. The molecule has 0 saturated carbocycles. The minimum Gasteiger partial charge on any atom is -0.270 e. The Morgan fingerprint density at radius 3 is 2.09 bits per heavy atom. The molecule has 1 N–H and O–H groups in total. The van der Waals surface area contributed by atoms with E-state index in [0.29, 0.717) is 11.0 Å². The van der Waals surface area contributed by atoms with Gasteiger partial charge < -0.3 is 0 Å². The third kappa shape index (κ3) is 9.72. The lowest BCUT2D eigenvalue weighted by Crippen LogP contribution is -2.50. The van der Waals surface area contributed by atoms with Gasteiger partial charge >= 0.3 is 0 Å². The Hall–Kier alpha value is -0.280. The Morgan fingerprint density at radius 1 is 1.36 bits per heavy atom. The van der Waals surface area contributed by atoms with Crippen molar-refractivity contribution < 1.29 is 9.39 Å². The second kappa shape index (κ2) is 5.38. The van der Waals surface area contributed by atoms with Crippen molar-refractivity contribution in [2.45, 2.75) is 19.8 Å². The summed E-state index contributed by atoms with van der Waals surface area (Å²) >= 11 is 0. The fourth-order valence-electron chi connectivity index (χ4n) is 0.657. The molecule has 0 aliphatic heterocycles. The second-order valence-electron chi connectivity index (χ2n) is 3.30. The predicted molar refractivity (Wildman–Crippen MR) is 48.3 cm³/mol. The topological polar surface area (TPSA) is 29.1 Å². The van der Waals surface area contributed by atoms with Crippen molar-refractivity contribution in [3.05, 3.63) is 0 Å². The molecule has 0 fully saturated rings. The summed E-state index contributed by atoms with van der Waals surface area (Å²) < 4.78 is 0.499. The van der Waals surface area contributed by atoms with E-state index in [1.165, 1.54) is 0 Å². The highest BCUT2D eigenvalue weighted by molar-refractivity contribution is 5.85. The number of hydrogen-bond acceptors (Lipinski definition) is 1. The van der Waals surface area contributed by atoms with Crippen LogP contribution in [-0.2, 0) is 4.79 Å². The fraction of sp³-hybridized carbons (Fsp3) is 0.857. The van der Waals surface area contributed by atoms with Crippen molar-refractivity contribution in [1.82, 2.24) is 5.43 Å². The molecule has 68 valence electrons. The van der Waals surface area contributed by atoms with E-state index >= 15 is 0 Å². The van der Waals surface area contributed by atoms with E-state index in [4.69, 9.17) is 0 Å². The smallest absolute Gasteiger partial charge is 0.264 e. The highest BCUT2D eigenvalue weighted by Crippen LogP contribution is 1.89. The summed E-state index contributed by atoms with van der Waals surface area (Å²) in [6, 6.07) is 0. The van der Waals surface area contributed by atoms with Gasteiger partial charge in [0, 0.05) is 6.42 Å². The molecular weight excluding hydrogens is 164 g/mol. The summed E-state index contributed by atoms with van der Waals surface area (Å²) in [7, 11) is 5.77. The van der Waals surface area contributed by atoms with Gasteiger partial charge in [-0.25, -0.2) is 10.0 Å². The molecule has 0 aliphatic rings. The van der Waals surface area contributed by atoms with Crippen LogP contribution in [0.4, 0.5) is 0 Å². The number of halogens is 1. The molecule has 0 bridgehead atoms. The molecule has 0 aliphatic carbocycles. The van der Waals surface area contributed by atoms with Crippen molar-refractivity contribution in [3.63, 3.8) is 0 Å². The predicted octanol–water partition coefficient (Wildman–Crippen LogP) is 0.946. The summed E-state index contributed by atoms with van der Waals surface area (Å²) in [5.74, 6) is 0.120. The van der Waals surface area contributed by atoms with Crippen LogP contribution in [0.1, 0.15) is 19.8 Å². The van der Waals surface area contributed by atoms with Crippen LogP contribution in [0.15, 0.2) is 0 Å². The number of hydrogen-bond donors (Lipinski definition) is 1. The summed E-state index contributed by atoms with van der Waals surface area (Å²) in [5.41, 5.74) is 2.82. The van der Waals surface area contributed by atoms with E-state index < -0.39 is 0 Å². The third-order valence-corrected chi connectivity index (χ3v) is 0.937. The highest BCUT2D eigenvalue weighted by Gasteiger charge is 2.10. The molecule has 1 amide bonds. The van der Waals surface area contributed by atoms with Crippen molar-refractivity contribution >= 4 is 18.3 Å². The molecule has 0 spiro atoms. The Bertz CT molecular complexity index is 120. The molecule has 0 atom stereocenters. The van der Waals surface area contributed by atoms with Crippen molar-refractivity contribution in [1.29, 1.82) is 0 Å². The molecule has 0 rings (SSSR count). The van der Waals surface area contributed by atoms with E-state index in [1.807, 2.05) is 28.1 Å². The number of nitrogens with one attached hydrogen (secondary N) is 1. The average Bonchev–Trinajstić information content (AvgIpc) is 1.59. The molecule has 0 radical (unpaired) electrons. The van der Waals surface area contributed by atoms with E-state index in [0.717, 1.165) is 6.42 Å². The maximum atomic E-state index is 10.9. The first-order valence-corrected chi connectivity index (χ1v) is 3.58. The van der Waals surface area contributed by atoms with Gasteiger partial charge in [-0.05, 0) is 6.42 Å². The highest BCUT2D eigenvalue weighted by atomic mass is 35.5. The van der Waals surface area contributed by atoms with Gasteiger partial charge in [-0.2, -0.15) is 0 Å². The van der Waals surface area contributed by atoms with Crippen LogP contribution in [0.5, 0.6) is 0 Å². The van der Waals surface area contributed by atoms with Crippen LogP contribution in [-0.4, -0.2) is 31.6 Å². The molecule has 0 saturated heterocycles. The SMILES string of the molecule is CCCC(=O)N[N+](C)(C)C.Cl. The Balaban J connectivity index is 0. The van der Waals surface area contributed by atoms with Crippen LogP contribution < -0.4 is 5.43 Å². The molecule has 0 heterocycles. The standard InChI is InChI=1S/C7H16N2O.ClH/c1-5-6-7(10)8-9(2,3)4;/h5-6H2,1-4H3;1H/p+1. The van der Waals surface area contributed by atoms with Crippen LogP contribution in [0.3, 0.4) is 0 Å². The van der Waals surface area contributed by atoms with Crippen LogP contribution >= 0.6 is 12.4 Å². The number of nitrogens with zero attached hydrogens (tertiary/aromatic N) is 1. The van der Waals surface area contributed by atoms with Crippen molar-refractivity contribution in [2.24, 2.45) is 0 Å². The minimum absolute atomic E-state index is 0. The van der Waals surface area contributed by atoms with Gasteiger partial charge in [-0.3, -0.25) is 4.79 Å². The van der Waals surface area contributed by atoms with Crippen molar-refractivity contribution in [3.8, 4) is 0 Å². The van der Waals surface area contributed by atoms with E-state index in [-0.39, 0.29) is 18.3 Å². The molecule has 0 unspecified atom stereocenters. The lowest BCUT2D eigenvalue weighted by Gasteiger charge is -2.23. The lowest BCUT2D eigenvalue weighted by atomic mass is 10.3. The first-order chi connectivity index (χ1) is 4.45. The summed E-state index contributed by atoms with van der Waals surface area (Å²) in [6.07, 6.45) is 1.53. The average molecular weight is 182 g/mol. The number of carbonyl (C=O) groups excluding carboxylic acids is 1. The van der Waals surface area contributed by atoms with Gasteiger partial charge in [0.2, 0.25) is 0 Å². The van der Waals surface area contributed by atoms with E-state index in [1.54, 1.807) is 0 Å². The van der Waals surface area contributed by atoms with Gasteiger partial charge in [0.25, 0.3) is 5.91 Å². The molecule has 0 aromatic carbocycles. The van der Waals surface area contributed by atoms with Gasteiger partial charge in [-0.1, -0.05) is 6.92 Å². The van der Waals surface area contributed by atoms with E-state index in [9.17, 15) is 4.79 Å². The normalized spacial score (nSPS) is 10.2. The fourth-order valence-corrected chi connectivity index (χ4v) is 0.657. The molecule has 4 heteroatoms. The zero-order chi connectivity index (χ0) is 8.20. The maximum absolute atomic E-state index is 10.9. The number of carbonyl (C=O) groups is 1. The first-order valence-electron chi connectivity index (χ1n) is 3.58. The molecule has 0 aromatic rings. The molecule has 0 aromatic heterocycles. The Morgan fingerprint density at radius 2 is 1.82 bits per heavy atom. The summed E-state index contributed by atoms with van der Waals surface area (Å²) in [6.45, 7) is 2.00. The zero-order valence-electron chi connectivity index (χ0n) is 7.68. The largest absolute Gasteiger partial charge is 0.270 e. The van der Waals surface area contributed by atoms with E-state index in [2.05, 4.69) is 5.43 Å². The number of quaternary nitrogens is 1. The summed E-state index contributed by atoms with van der Waals surface area (Å²) in [5, 5.41) is 0. The van der Waals surface area contributed by atoms with Gasteiger partial charge in [0.1, 0.15) is 0 Å². The number of rotatable bonds is 3. The minimum atomic E-state index is 0. The van der Waals surface area contributed by atoms with Crippen LogP contribution in [0, 0.1) is 0 Å². The Kier molecular flexibility index (Phi) is 6.52. The third-order valence-electron chi connectivity index (χ3n) is 0.937. The molecule has 11 heavy (non-hydrogen) atoms. The monoisotopic (exact) mass is 181 g/mol. The molecule has 3 nitrogen and oxygen atoms in total. The summed E-state index contributed by atoms with van der Waals surface area (Å²) in [4.78, 5) is 10.9. The lowest BCUT2D eigenvalue weighted by molar-refractivity contribution is -0.906. The zero-order valence-corrected chi connectivity index (χ0v) is 8.49.